The summed E-state index contributed by atoms with van der Waals surface area (Å²) < 4.78 is 18.6. The van der Waals surface area contributed by atoms with Crippen molar-refractivity contribution in [1.29, 1.82) is 0 Å². The average Bonchev–Trinajstić information content (AvgIpc) is 2.29. The van der Waals surface area contributed by atoms with Crippen LogP contribution in [0, 0.1) is 5.82 Å². The van der Waals surface area contributed by atoms with Gasteiger partial charge in [-0.15, -0.1) is 0 Å². The van der Waals surface area contributed by atoms with Crippen LogP contribution in [0.5, 0.6) is 5.75 Å². The third-order valence-electron chi connectivity index (χ3n) is 3.12. The fourth-order valence-corrected chi connectivity index (χ4v) is 2.13. The average molecular weight is 224 g/mol. The lowest BCUT2D eigenvalue weighted by Gasteiger charge is -2.31. The van der Waals surface area contributed by atoms with Gasteiger partial charge in [-0.3, -0.25) is 0 Å². The highest BCUT2D eigenvalue weighted by atomic mass is 19.1. The normalized spacial score (nSPS) is 19.4. The Kier molecular flexibility index (Phi) is 3.44. The molecule has 3 heteroatoms. The zero-order valence-electron chi connectivity index (χ0n) is 9.29. The first-order chi connectivity index (χ1) is 7.70. The van der Waals surface area contributed by atoms with Crippen LogP contribution in [0.25, 0.3) is 0 Å². The third-order valence-corrected chi connectivity index (χ3v) is 3.12. The van der Waals surface area contributed by atoms with Crippen molar-refractivity contribution in [3.05, 3.63) is 30.1 Å². The molecule has 1 aliphatic carbocycles. The summed E-state index contributed by atoms with van der Waals surface area (Å²) in [5, 5.41) is 10.2. The molecule has 0 aromatic heterocycles. The zero-order valence-corrected chi connectivity index (χ0v) is 9.29. The van der Waals surface area contributed by atoms with Crippen molar-refractivity contribution in [2.75, 3.05) is 6.61 Å². The highest BCUT2D eigenvalue weighted by Gasteiger charge is 2.30. The van der Waals surface area contributed by atoms with Crippen molar-refractivity contribution in [2.24, 2.45) is 0 Å². The van der Waals surface area contributed by atoms with Gasteiger partial charge in [0, 0.05) is 0 Å². The highest BCUT2D eigenvalue weighted by Crippen LogP contribution is 2.29. The van der Waals surface area contributed by atoms with Gasteiger partial charge in [0.15, 0.2) is 11.6 Å². The van der Waals surface area contributed by atoms with E-state index in [1.54, 1.807) is 18.2 Å². The predicted molar refractivity (Wildman–Crippen MR) is 59.9 cm³/mol. The summed E-state index contributed by atoms with van der Waals surface area (Å²) in [7, 11) is 0. The van der Waals surface area contributed by atoms with E-state index in [2.05, 4.69) is 0 Å². The Morgan fingerprint density at radius 2 is 1.88 bits per heavy atom. The minimum atomic E-state index is -0.763. The minimum Gasteiger partial charge on any atom is -0.488 e. The lowest BCUT2D eigenvalue weighted by molar-refractivity contribution is -0.0347. The molecule has 1 fully saturated rings. The van der Waals surface area contributed by atoms with Gasteiger partial charge in [-0.1, -0.05) is 31.4 Å². The maximum absolute atomic E-state index is 13.3. The van der Waals surface area contributed by atoms with Crippen LogP contribution < -0.4 is 4.74 Å². The molecule has 2 nitrogen and oxygen atoms in total. The lowest BCUT2D eigenvalue weighted by atomic mass is 9.85. The molecule has 0 spiro atoms. The SMILES string of the molecule is OC1(COc2ccccc2F)CCCCC1. The quantitative estimate of drug-likeness (QED) is 0.855. The van der Waals surface area contributed by atoms with Crippen molar-refractivity contribution in [3.8, 4) is 5.75 Å². The standard InChI is InChI=1S/C13H17FO2/c14-11-6-2-3-7-12(11)16-10-13(15)8-4-1-5-9-13/h2-3,6-7,15H,1,4-5,8-10H2. The topological polar surface area (TPSA) is 29.5 Å². The van der Waals surface area contributed by atoms with Gasteiger partial charge >= 0.3 is 0 Å². The Morgan fingerprint density at radius 3 is 2.56 bits per heavy atom. The lowest BCUT2D eigenvalue weighted by Crippen LogP contribution is -2.38. The molecule has 1 aliphatic rings. The number of halogens is 1. The molecule has 1 aromatic carbocycles. The van der Waals surface area contributed by atoms with Crippen LogP contribution in [-0.2, 0) is 0 Å². The second kappa shape index (κ2) is 4.83. The summed E-state index contributed by atoms with van der Waals surface area (Å²) in [6, 6.07) is 6.29. The van der Waals surface area contributed by atoms with E-state index in [1.807, 2.05) is 0 Å². The summed E-state index contributed by atoms with van der Waals surface area (Å²) in [6.07, 6.45) is 4.72. The number of ether oxygens (including phenoxy) is 1. The first kappa shape index (κ1) is 11.4. The van der Waals surface area contributed by atoms with Crippen molar-refractivity contribution < 1.29 is 14.2 Å². The smallest absolute Gasteiger partial charge is 0.165 e. The van der Waals surface area contributed by atoms with Gasteiger partial charge in [0.2, 0.25) is 0 Å². The van der Waals surface area contributed by atoms with Gasteiger partial charge in [0.1, 0.15) is 6.61 Å². The monoisotopic (exact) mass is 224 g/mol. The third kappa shape index (κ3) is 2.73. The van der Waals surface area contributed by atoms with E-state index in [1.165, 1.54) is 12.5 Å². The molecule has 0 saturated heterocycles. The Morgan fingerprint density at radius 1 is 1.19 bits per heavy atom. The van der Waals surface area contributed by atoms with E-state index in [-0.39, 0.29) is 18.2 Å². The Bertz CT molecular complexity index is 346. The van der Waals surface area contributed by atoms with Crippen LogP contribution in [0.1, 0.15) is 32.1 Å². The molecule has 0 radical (unpaired) electrons. The maximum Gasteiger partial charge on any atom is 0.165 e. The largest absolute Gasteiger partial charge is 0.488 e. The molecule has 0 amide bonds. The molecule has 0 bridgehead atoms. The van der Waals surface area contributed by atoms with E-state index in [0.29, 0.717) is 0 Å². The molecule has 1 N–H and O–H groups in total. The first-order valence-electron chi connectivity index (χ1n) is 5.79. The molecular formula is C13H17FO2. The second-order valence-electron chi connectivity index (χ2n) is 4.50. The van der Waals surface area contributed by atoms with Crippen molar-refractivity contribution in [2.45, 2.75) is 37.7 Å². The van der Waals surface area contributed by atoms with Crippen LogP contribution in [0.4, 0.5) is 4.39 Å². The molecule has 1 aromatic rings. The number of para-hydroxylation sites is 1. The fraction of sp³-hybridized carbons (Fsp3) is 0.538. The van der Waals surface area contributed by atoms with Gasteiger partial charge in [0.25, 0.3) is 0 Å². The van der Waals surface area contributed by atoms with Crippen LogP contribution in [-0.4, -0.2) is 17.3 Å². The molecule has 16 heavy (non-hydrogen) atoms. The van der Waals surface area contributed by atoms with Crippen molar-refractivity contribution >= 4 is 0 Å². The molecule has 0 heterocycles. The van der Waals surface area contributed by atoms with Crippen molar-refractivity contribution in [3.63, 3.8) is 0 Å². The van der Waals surface area contributed by atoms with E-state index in [0.717, 1.165) is 25.7 Å². The zero-order chi connectivity index (χ0) is 11.4. The Hall–Kier alpha value is -1.09. The number of hydrogen-bond donors (Lipinski definition) is 1. The molecule has 0 atom stereocenters. The molecular weight excluding hydrogens is 207 g/mol. The fourth-order valence-electron chi connectivity index (χ4n) is 2.13. The number of hydrogen-bond acceptors (Lipinski definition) is 2. The number of aliphatic hydroxyl groups is 1. The van der Waals surface area contributed by atoms with E-state index in [9.17, 15) is 9.50 Å². The van der Waals surface area contributed by atoms with Gasteiger partial charge in [0.05, 0.1) is 5.60 Å². The first-order valence-corrected chi connectivity index (χ1v) is 5.79. The summed E-state index contributed by atoms with van der Waals surface area (Å²) in [5.41, 5.74) is -0.763. The summed E-state index contributed by atoms with van der Waals surface area (Å²) >= 11 is 0. The molecule has 0 unspecified atom stereocenters. The van der Waals surface area contributed by atoms with Crippen molar-refractivity contribution in [1.82, 2.24) is 0 Å². The highest BCUT2D eigenvalue weighted by molar-refractivity contribution is 5.23. The number of rotatable bonds is 3. The summed E-state index contributed by atoms with van der Waals surface area (Å²) in [4.78, 5) is 0. The second-order valence-corrected chi connectivity index (χ2v) is 4.50. The van der Waals surface area contributed by atoms with E-state index in [4.69, 9.17) is 4.74 Å². The molecule has 2 rings (SSSR count). The van der Waals surface area contributed by atoms with Gasteiger partial charge in [-0.2, -0.15) is 0 Å². The molecule has 1 saturated carbocycles. The maximum atomic E-state index is 13.3. The number of benzene rings is 1. The predicted octanol–water partition coefficient (Wildman–Crippen LogP) is 2.90. The van der Waals surface area contributed by atoms with Gasteiger partial charge in [-0.05, 0) is 25.0 Å². The van der Waals surface area contributed by atoms with Gasteiger partial charge < -0.3 is 9.84 Å². The minimum absolute atomic E-state index is 0.188. The summed E-state index contributed by atoms with van der Waals surface area (Å²) in [5.74, 6) is -0.150. The Balaban J connectivity index is 1.94. The van der Waals surface area contributed by atoms with Crippen LogP contribution in [0.2, 0.25) is 0 Å². The van der Waals surface area contributed by atoms with Crippen LogP contribution in [0.3, 0.4) is 0 Å². The van der Waals surface area contributed by atoms with Gasteiger partial charge in [-0.25, -0.2) is 4.39 Å². The van der Waals surface area contributed by atoms with E-state index >= 15 is 0 Å². The molecule has 0 aliphatic heterocycles. The summed E-state index contributed by atoms with van der Waals surface area (Å²) in [6.45, 7) is 0.188. The van der Waals surface area contributed by atoms with E-state index < -0.39 is 5.60 Å². The van der Waals surface area contributed by atoms with Crippen LogP contribution in [0.15, 0.2) is 24.3 Å². The molecule has 88 valence electrons. The Labute approximate surface area is 95.1 Å². The van der Waals surface area contributed by atoms with Crippen LogP contribution >= 0.6 is 0 Å².